The average Bonchev–Trinajstić information content (AvgIpc) is 3.41. The van der Waals surface area contributed by atoms with Crippen molar-refractivity contribution in [2.75, 3.05) is 5.32 Å². The lowest BCUT2D eigenvalue weighted by molar-refractivity contribution is -0.117. The number of nitrogens with zero attached hydrogens (tertiary/aromatic N) is 2. The molecular weight excluding hydrogens is 346 g/mol. The topological polar surface area (TPSA) is 113 Å². The highest BCUT2D eigenvalue weighted by atomic mass is 16.2. The number of benzene rings is 1. The van der Waals surface area contributed by atoms with E-state index in [1.54, 1.807) is 24.3 Å². The van der Waals surface area contributed by atoms with Crippen molar-refractivity contribution in [3.05, 3.63) is 74.7 Å². The average molecular weight is 365 g/mol. The van der Waals surface area contributed by atoms with Crippen LogP contribution in [-0.2, 0) is 4.79 Å². The summed E-state index contributed by atoms with van der Waals surface area (Å²) in [7, 11) is 0. The van der Waals surface area contributed by atoms with Gasteiger partial charge in [0, 0.05) is 29.9 Å². The van der Waals surface area contributed by atoms with Crippen molar-refractivity contribution in [3.8, 4) is 5.69 Å². The van der Waals surface area contributed by atoms with E-state index < -0.39 is 11.2 Å². The van der Waals surface area contributed by atoms with Crippen LogP contribution in [0.15, 0.2) is 52.2 Å². The maximum atomic E-state index is 12.5. The molecule has 1 saturated carbocycles. The van der Waals surface area contributed by atoms with Crippen LogP contribution in [0.25, 0.3) is 5.69 Å². The third kappa shape index (κ3) is 3.59. The van der Waals surface area contributed by atoms with Gasteiger partial charge in [-0.2, -0.15) is 5.10 Å². The highest BCUT2D eigenvalue weighted by Crippen LogP contribution is 2.39. The summed E-state index contributed by atoms with van der Waals surface area (Å²) in [6, 6.07) is 10.2. The van der Waals surface area contributed by atoms with Gasteiger partial charge in [-0.05, 0) is 37.5 Å². The number of hydrogen-bond acceptors (Lipinski definition) is 4. The summed E-state index contributed by atoms with van der Waals surface area (Å²) >= 11 is 0. The Kier molecular flexibility index (Phi) is 4.23. The predicted octanol–water partition coefficient (Wildman–Crippen LogP) is 1.87. The van der Waals surface area contributed by atoms with Crippen molar-refractivity contribution in [1.29, 1.82) is 0 Å². The zero-order valence-electron chi connectivity index (χ0n) is 14.7. The summed E-state index contributed by atoms with van der Waals surface area (Å²) < 4.78 is 1.33. The molecule has 1 atom stereocenters. The molecule has 0 spiro atoms. The summed E-state index contributed by atoms with van der Waals surface area (Å²) in [5.41, 5.74) is 1.53. The maximum absolute atomic E-state index is 12.5. The van der Waals surface area contributed by atoms with E-state index >= 15 is 0 Å². The summed E-state index contributed by atoms with van der Waals surface area (Å²) in [5.74, 6) is 0.542. The normalized spacial score (nSPS) is 14.7. The number of H-pyrrole nitrogens is 2. The van der Waals surface area contributed by atoms with Gasteiger partial charge in [-0.3, -0.25) is 24.2 Å². The highest BCUT2D eigenvalue weighted by Gasteiger charge is 2.26. The minimum atomic E-state index is -0.508. The van der Waals surface area contributed by atoms with Gasteiger partial charge in [0.05, 0.1) is 11.6 Å². The van der Waals surface area contributed by atoms with E-state index in [2.05, 4.69) is 20.5 Å². The molecule has 8 nitrogen and oxygen atoms in total. The number of amides is 1. The first-order valence-electron chi connectivity index (χ1n) is 8.80. The van der Waals surface area contributed by atoms with Crippen LogP contribution in [0, 0.1) is 0 Å². The molecule has 27 heavy (non-hydrogen) atoms. The number of aromatic nitrogens is 4. The van der Waals surface area contributed by atoms with Crippen LogP contribution in [0.3, 0.4) is 0 Å². The van der Waals surface area contributed by atoms with Gasteiger partial charge in [0.15, 0.2) is 5.82 Å². The molecule has 138 valence electrons. The molecule has 4 rings (SSSR count). The Morgan fingerprint density at radius 1 is 1.22 bits per heavy atom. The van der Waals surface area contributed by atoms with Crippen LogP contribution in [0.5, 0.6) is 0 Å². The zero-order valence-corrected chi connectivity index (χ0v) is 14.7. The molecule has 0 saturated heterocycles. The molecule has 8 heteroatoms. The Morgan fingerprint density at radius 3 is 2.63 bits per heavy atom. The molecule has 1 aliphatic rings. The molecule has 2 aromatic heterocycles. The fourth-order valence-electron chi connectivity index (χ4n) is 2.93. The first kappa shape index (κ1) is 17.0. The van der Waals surface area contributed by atoms with Gasteiger partial charge < -0.3 is 5.32 Å². The summed E-state index contributed by atoms with van der Waals surface area (Å²) in [5, 5.41) is 9.93. The monoisotopic (exact) mass is 365 g/mol. The number of carbonyl (C=O) groups excluding carboxylic acids is 1. The van der Waals surface area contributed by atoms with Crippen molar-refractivity contribution in [2.24, 2.45) is 0 Å². The Labute approximate surface area is 154 Å². The zero-order chi connectivity index (χ0) is 19.0. The third-order valence-corrected chi connectivity index (χ3v) is 4.75. The Hall–Kier alpha value is -3.42. The van der Waals surface area contributed by atoms with Crippen LogP contribution >= 0.6 is 0 Å². The first-order chi connectivity index (χ1) is 13.0. The molecule has 3 N–H and O–H groups in total. The third-order valence-electron chi connectivity index (χ3n) is 4.75. The number of nitrogens with one attached hydrogen (secondary N) is 3. The molecule has 1 amide bonds. The minimum absolute atomic E-state index is 0.155. The molecule has 0 bridgehead atoms. The number of carbonyl (C=O) groups is 1. The molecule has 1 unspecified atom stereocenters. The second-order valence-electron chi connectivity index (χ2n) is 6.77. The number of aromatic amines is 2. The smallest absolute Gasteiger partial charge is 0.309 e. The maximum Gasteiger partial charge on any atom is 0.332 e. The van der Waals surface area contributed by atoms with E-state index in [0.29, 0.717) is 17.4 Å². The molecule has 2 heterocycles. The van der Waals surface area contributed by atoms with Crippen molar-refractivity contribution in [2.45, 2.75) is 31.6 Å². The SMILES string of the molecule is CC(C(=O)Nc1cc(C2CC2)[nH]n1)c1ccc(-n2ccc(=O)[nH]c2=O)cc1. The molecule has 0 radical (unpaired) electrons. The number of hydrogen-bond donors (Lipinski definition) is 3. The van der Waals surface area contributed by atoms with Gasteiger partial charge in [0.25, 0.3) is 5.56 Å². The van der Waals surface area contributed by atoms with E-state index in [9.17, 15) is 14.4 Å². The summed E-state index contributed by atoms with van der Waals surface area (Å²) in [6.07, 6.45) is 3.74. The number of rotatable bonds is 5. The largest absolute Gasteiger partial charge is 0.332 e. The fourth-order valence-corrected chi connectivity index (χ4v) is 2.93. The lowest BCUT2D eigenvalue weighted by Gasteiger charge is -2.12. The summed E-state index contributed by atoms with van der Waals surface area (Å²) in [4.78, 5) is 37.7. The predicted molar refractivity (Wildman–Crippen MR) is 100 cm³/mol. The molecule has 1 aliphatic carbocycles. The Bertz CT molecular complexity index is 1090. The fraction of sp³-hybridized carbons (Fsp3) is 0.263. The van der Waals surface area contributed by atoms with Crippen molar-refractivity contribution in [1.82, 2.24) is 19.7 Å². The van der Waals surface area contributed by atoms with Crippen LogP contribution in [0.2, 0.25) is 0 Å². The standard InChI is InChI=1S/C19H19N5O3/c1-11(18(26)20-16-10-15(22-23-16)13-2-3-13)12-4-6-14(7-5-12)24-9-8-17(25)21-19(24)27/h4-11,13H,2-3H2,1H3,(H,21,25,27)(H2,20,22,23,26). The van der Waals surface area contributed by atoms with E-state index in [1.165, 1.54) is 16.8 Å². The van der Waals surface area contributed by atoms with Gasteiger partial charge in [-0.1, -0.05) is 12.1 Å². The van der Waals surface area contributed by atoms with Crippen LogP contribution in [-0.4, -0.2) is 25.7 Å². The van der Waals surface area contributed by atoms with Gasteiger partial charge in [0.2, 0.25) is 5.91 Å². The second-order valence-corrected chi connectivity index (χ2v) is 6.77. The summed E-state index contributed by atoms with van der Waals surface area (Å²) in [6.45, 7) is 1.81. The molecule has 3 aromatic rings. The first-order valence-corrected chi connectivity index (χ1v) is 8.80. The van der Waals surface area contributed by atoms with Crippen molar-refractivity contribution < 1.29 is 4.79 Å². The number of anilines is 1. The minimum Gasteiger partial charge on any atom is -0.309 e. The molecule has 1 aromatic carbocycles. The molecule has 1 fully saturated rings. The van der Waals surface area contributed by atoms with E-state index in [1.807, 2.05) is 13.0 Å². The van der Waals surface area contributed by atoms with Crippen LogP contribution in [0.4, 0.5) is 5.82 Å². The van der Waals surface area contributed by atoms with Crippen LogP contribution in [0.1, 0.15) is 42.9 Å². The van der Waals surface area contributed by atoms with Crippen LogP contribution < -0.4 is 16.6 Å². The lowest BCUT2D eigenvalue weighted by Crippen LogP contribution is -2.27. The van der Waals surface area contributed by atoms with E-state index in [4.69, 9.17) is 0 Å². The quantitative estimate of drug-likeness (QED) is 0.640. The molecule has 0 aliphatic heterocycles. The Morgan fingerprint density at radius 2 is 1.96 bits per heavy atom. The van der Waals surface area contributed by atoms with Crippen molar-refractivity contribution in [3.63, 3.8) is 0 Å². The van der Waals surface area contributed by atoms with E-state index in [-0.39, 0.29) is 11.8 Å². The van der Waals surface area contributed by atoms with E-state index in [0.717, 1.165) is 24.1 Å². The molecular formula is C19H19N5O3. The Balaban J connectivity index is 1.47. The second kappa shape index (κ2) is 6.71. The van der Waals surface area contributed by atoms with Gasteiger partial charge in [-0.25, -0.2) is 4.79 Å². The van der Waals surface area contributed by atoms with Gasteiger partial charge in [0.1, 0.15) is 0 Å². The van der Waals surface area contributed by atoms with Gasteiger partial charge >= 0.3 is 5.69 Å². The van der Waals surface area contributed by atoms with Gasteiger partial charge in [-0.15, -0.1) is 0 Å². The highest BCUT2D eigenvalue weighted by molar-refractivity contribution is 5.94. The lowest BCUT2D eigenvalue weighted by atomic mass is 10.00. The van der Waals surface area contributed by atoms with Crippen molar-refractivity contribution >= 4 is 11.7 Å².